The van der Waals surface area contributed by atoms with Crippen molar-refractivity contribution in [1.29, 1.82) is 0 Å². The van der Waals surface area contributed by atoms with E-state index in [1.165, 1.54) is 6.07 Å². The number of rotatable bonds is 0. The largest absolute Gasteiger partial charge is 0.391 e. The molecule has 0 heterocycles. The average molecular weight is 185 g/mol. The van der Waals surface area contributed by atoms with Crippen LogP contribution >= 0.6 is 0 Å². The van der Waals surface area contributed by atoms with Crippen LogP contribution in [0.1, 0.15) is 17.2 Å². The second kappa shape index (κ2) is 2.75. The summed E-state index contributed by atoms with van der Waals surface area (Å²) >= 11 is 0. The molecule has 2 rings (SSSR count). The topological polar surface area (TPSA) is 46.2 Å². The number of aliphatic hydroxyl groups excluding tert-OH is 1. The molecule has 3 N–H and O–H groups in total. The van der Waals surface area contributed by atoms with Crippen molar-refractivity contribution in [2.75, 3.05) is 0 Å². The summed E-state index contributed by atoms with van der Waals surface area (Å²) in [6.45, 7) is 0. The summed E-state index contributed by atoms with van der Waals surface area (Å²) in [6, 6.07) is 1.28. The molecule has 0 aromatic heterocycles. The van der Waals surface area contributed by atoms with E-state index in [1.54, 1.807) is 0 Å². The number of aliphatic hydroxyl groups is 1. The van der Waals surface area contributed by atoms with Crippen molar-refractivity contribution in [3.63, 3.8) is 0 Å². The third-order valence-electron chi connectivity index (χ3n) is 2.36. The fraction of sp³-hybridized carbons (Fsp3) is 0.333. The van der Waals surface area contributed by atoms with Gasteiger partial charge in [-0.3, -0.25) is 0 Å². The highest BCUT2D eigenvalue weighted by Gasteiger charge is 2.31. The Balaban J connectivity index is 2.57. The zero-order chi connectivity index (χ0) is 9.59. The van der Waals surface area contributed by atoms with Gasteiger partial charge in [0, 0.05) is 18.1 Å². The quantitative estimate of drug-likeness (QED) is 0.630. The lowest BCUT2D eigenvalue weighted by atomic mass is 10.1. The zero-order valence-corrected chi connectivity index (χ0v) is 6.80. The minimum absolute atomic E-state index is 0.227. The molecule has 0 fully saturated rings. The predicted molar refractivity (Wildman–Crippen MR) is 43.0 cm³/mol. The number of fused-ring (bicyclic) bond motifs is 1. The Morgan fingerprint density at radius 2 is 2.08 bits per heavy atom. The normalized spacial score (nSPS) is 26.2. The van der Waals surface area contributed by atoms with Crippen LogP contribution in [0.3, 0.4) is 0 Å². The molecule has 0 aliphatic heterocycles. The molecule has 13 heavy (non-hydrogen) atoms. The molecule has 0 unspecified atom stereocenters. The van der Waals surface area contributed by atoms with Gasteiger partial charge in [-0.15, -0.1) is 0 Å². The van der Waals surface area contributed by atoms with Crippen molar-refractivity contribution in [3.05, 3.63) is 34.9 Å². The van der Waals surface area contributed by atoms with E-state index in [0.29, 0.717) is 5.56 Å². The molecule has 0 amide bonds. The summed E-state index contributed by atoms with van der Waals surface area (Å²) in [4.78, 5) is 0. The Kier molecular flexibility index (Phi) is 1.82. The van der Waals surface area contributed by atoms with Crippen LogP contribution in [0.5, 0.6) is 0 Å². The zero-order valence-electron chi connectivity index (χ0n) is 6.80. The van der Waals surface area contributed by atoms with Crippen molar-refractivity contribution < 1.29 is 13.9 Å². The van der Waals surface area contributed by atoms with E-state index in [0.717, 1.165) is 6.07 Å². The van der Waals surface area contributed by atoms with Crippen LogP contribution in [-0.4, -0.2) is 11.2 Å². The summed E-state index contributed by atoms with van der Waals surface area (Å²) in [6.07, 6.45) is -0.572. The molecule has 0 saturated heterocycles. The highest BCUT2D eigenvalue weighted by atomic mass is 19.1. The van der Waals surface area contributed by atoms with Crippen molar-refractivity contribution >= 4 is 0 Å². The number of hydrogen-bond donors (Lipinski definition) is 2. The number of hydrogen-bond acceptors (Lipinski definition) is 2. The molecule has 1 aliphatic carbocycles. The van der Waals surface area contributed by atoms with Crippen LogP contribution in [0.2, 0.25) is 0 Å². The molecular weight excluding hydrogens is 176 g/mol. The fourth-order valence-electron chi connectivity index (χ4n) is 1.72. The lowest BCUT2D eigenvalue weighted by Crippen LogP contribution is -2.21. The van der Waals surface area contributed by atoms with Gasteiger partial charge in [0.25, 0.3) is 0 Å². The fourth-order valence-corrected chi connectivity index (χ4v) is 1.72. The standard InChI is InChI=1S/C9H9F2NO/c10-5-1-4-2-7(13)9(12)8(4)6(11)3-5/h1,3,7,9,13H,2,12H2/t7-,9+/m1/s1. The van der Waals surface area contributed by atoms with Crippen LogP contribution < -0.4 is 5.73 Å². The van der Waals surface area contributed by atoms with Crippen LogP contribution in [0, 0.1) is 11.6 Å². The lowest BCUT2D eigenvalue weighted by Gasteiger charge is -2.09. The minimum Gasteiger partial charge on any atom is -0.391 e. The predicted octanol–water partition coefficient (Wildman–Crippen LogP) is 0.882. The Bertz CT molecular complexity index is 354. The first-order valence-corrected chi connectivity index (χ1v) is 4.01. The summed E-state index contributed by atoms with van der Waals surface area (Å²) < 4.78 is 25.9. The second-order valence-corrected chi connectivity index (χ2v) is 3.26. The third-order valence-corrected chi connectivity index (χ3v) is 2.36. The molecular formula is C9H9F2NO. The Morgan fingerprint density at radius 3 is 2.77 bits per heavy atom. The van der Waals surface area contributed by atoms with Crippen LogP contribution in [0.15, 0.2) is 12.1 Å². The Labute approximate surface area is 74.0 Å². The maximum atomic E-state index is 13.1. The van der Waals surface area contributed by atoms with E-state index >= 15 is 0 Å². The Morgan fingerprint density at radius 1 is 1.38 bits per heavy atom. The first kappa shape index (κ1) is 8.59. The third kappa shape index (κ3) is 1.22. The van der Waals surface area contributed by atoms with Gasteiger partial charge in [-0.2, -0.15) is 0 Å². The minimum atomic E-state index is -0.800. The molecule has 0 bridgehead atoms. The highest BCUT2D eigenvalue weighted by molar-refractivity contribution is 5.37. The second-order valence-electron chi connectivity index (χ2n) is 3.26. The summed E-state index contributed by atoms with van der Waals surface area (Å²) in [7, 11) is 0. The monoisotopic (exact) mass is 185 g/mol. The van der Waals surface area contributed by atoms with Crippen LogP contribution in [-0.2, 0) is 6.42 Å². The molecule has 1 aromatic carbocycles. The van der Waals surface area contributed by atoms with E-state index in [-0.39, 0.29) is 12.0 Å². The highest BCUT2D eigenvalue weighted by Crippen LogP contribution is 2.32. The van der Waals surface area contributed by atoms with Crippen LogP contribution in [0.4, 0.5) is 8.78 Å². The number of halogens is 2. The van der Waals surface area contributed by atoms with E-state index in [4.69, 9.17) is 5.73 Å². The molecule has 0 radical (unpaired) electrons. The van der Waals surface area contributed by atoms with Gasteiger partial charge < -0.3 is 10.8 Å². The van der Waals surface area contributed by atoms with Crippen molar-refractivity contribution in [2.45, 2.75) is 18.6 Å². The van der Waals surface area contributed by atoms with E-state index in [2.05, 4.69) is 0 Å². The smallest absolute Gasteiger partial charge is 0.131 e. The van der Waals surface area contributed by atoms with Gasteiger partial charge in [0.1, 0.15) is 11.6 Å². The Hall–Kier alpha value is -1.00. The van der Waals surface area contributed by atoms with Gasteiger partial charge in [0.2, 0.25) is 0 Å². The maximum Gasteiger partial charge on any atom is 0.131 e. The molecule has 2 atom stereocenters. The van der Waals surface area contributed by atoms with Gasteiger partial charge in [0.05, 0.1) is 12.1 Å². The molecule has 1 aliphatic rings. The van der Waals surface area contributed by atoms with Gasteiger partial charge in [0.15, 0.2) is 0 Å². The number of nitrogens with two attached hydrogens (primary N) is 1. The first-order valence-electron chi connectivity index (χ1n) is 4.01. The molecule has 70 valence electrons. The summed E-state index contributed by atoms with van der Waals surface area (Å²) in [5.41, 5.74) is 6.24. The van der Waals surface area contributed by atoms with E-state index < -0.39 is 23.8 Å². The van der Waals surface area contributed by atoms with Gasteiger partial charge in [-0.1, -0.05) is 0 Å². The molecule has 0 spiro atoms. The summed E-state index contributed by atoms with van der Waals surface area (Å²) in [5.74, 6) is -1.29. The first-order chi connectivity index (χ1) is 6.09. The SMILES string of the molecule is N[C@@H]1c2c(F)cc(F)cc2C[C@H]1O. The molecule has 0 saturated carbocycles. The van der Waals surface area contributed by atoms with E-state index in [1.807, 2.05) is 0 Å². The number of benzene rings is 1. The summed E-state index contributed by atoms with van der Waals surface area (Å²) in [5, 5.41) is 9.32. The van der Waals surface area contributed by atoms with E-state index in [9.17, 15) is 13.9 Å². The van der Waals surface area contributed by atoms with Crippen LogP contribution in [0.25, 0.3) is 0 Å². The van der Waals surface area contributed by atoms with Gasteiger partial charge in [-0.05, 0) is 11.6 Å². The molecule has 2 nitrogen and oxygen atoms in total. The van der Waals surface area contributed by atoms with Crippen molar-refractivity contribution in [2.24, 2.45) is 5.73 Å². The lowest BCUT2D eigenvalue weighted by molar-refractivity contribution is 0.157. The van der Waals surface area contributed by atoms with Crippen molar-refractivity contribution in [3.8, 4) is 0 Å². The average Bonchev–Trinajstić information content (AvgIpc) is 2.27. The van der Waals surface area contributed by atoms with Crippen molar-refractivity contribution in [1.82, 2.24) is 0 Å². The van der Waals surface area contributed by atoms with Gasteiger partial charge in [-0.25, -0.2) is 8.78 Å². The maximum absolute atomic E-state index is 13.1. The molecule has 1 aromatic rings. The molecule has 4 heteroatoms. The van der Waals surface area contributed by atoms with Gasteiger partial charge >= 0.3 is 0 Å².